The molecule has 0 unspecified atom stereocenters. The minimum absolute atomic E-state index is 0.0224. The summed E-state index contributed by atoms with van der Waals surface area (Å²) < 4.78 is 0. The van der Waals surface area contributed by atoms with Crippen LogP contribution in [0.3, 0.4) is 0 Å². The minimum atomic E-state index is -0.637. The van der Waals surface area contributed by atoms with Gasteiger partial charge in [0.05, 0.1) is 12.0 Å². The number of likely N-dealkylation sites (tertiary alicyclic amines) is 1. The zero-order valence-electron chi connectivity index (χ0n) is 20.3. The number of nitrogens with one attached hydrogen (secondary N) is 1. The number of aryl methyl sites for hydroxylation is 1. The summed E-state index contributed by atoms with van der Waals surface area (Å²) in [6.45, 7) is 8.22. The largest absolute Gasteiger partial charge is 0.481 e. The summed E-state index contributed by atoms with van der Waals surface area (Å²) in [6, 6.07) is 5.99. The second kappa shape index (κ2) is 10.1. The lowest BCUT2D eigenvalue weighted by Crippen LogP contribution is -2.56. The number of hydrogen-bond donors (Lipinski definition) is 2. The van der Waals surface area contributed by atoms with E-state index in [2.05, 4.69) is 27.0 Å². The van der Waals surface area contributed by atoms with Crippen molar-refractivity contribution < 1.29 is 9.90 Å². The number of carboxylic acids is 1. The summed E-state index contributed by atoms with van der Waals surface area (Å²) in [5.74, 6) is 2.11. The summed E-state index contributed by atoms with van der Waals surface area (Å²) in [5, 5.41) is 13.9. The number of aliphatic carboxylic acids is 1. The Bertz CT molecular complexity index is 1090. The van der Waals surface area contributed by atoms with Gasteiger partial charge in [-0.15, -0.1) is 0 Å². The van der Waals surface area contributed by atoms with Crippen molar-refractivity contribution in [2.45, 2.75) is 51.6 Å². The fraction of sp³-hybridized carbons (Fsp3) is 0.577. The van der Waals surface area contributed by atoms with E-state index in [1.54, 1.807) is 6.07 Å². The first kappa shape index (κ1) is 24.6. The predicted octanol–water partition coefficient (Wildman–Crippen LogP) is 5.28. The summed E-state index contributed by atoms with van der Waals surface area (Å²) in [6.07, 6.45) is 5.96. The second-order valence-electron chi connectivity index (χ2n) is 10.5. The van der Waals surface area contributed by atoms with Gasteiger partial charge in [-0.1, -0.05) is 29.3 Å². The van der Waals surface area contributed by atoms with Crippen LogP contribution in [0.25, 0.3) is 0 Å². The molecule has 1 aromatic carbocycles. The van der Waals surface area contributed by atoms with E-state index in [0.717, 1.165) is 61.9 Å². The molecule has 35 heavy (non-hydrogen) atoms. The number of benzene rings is 1. The van der Waals surface area contributed by atoms with E-state index >= 15 is 0 Å². The molecule has 0 amide bonds. The molecule has 0 radical (unpaired) electrons. The van der Waals surface area contributed by atoms with Crippen molar-refractivity contribution in [2.75, 3.05) is 36.4 Å². The summed E-state index contributed by atoms with van der Waals surface area (Å²) >= 11 is 12.5. The van der Waals surface area contributed by atoms with Gasteiger partial charge in [-0.3, -0.25) is 4.79 Å². The van der Waals surface area contributed by atoms with Gasteiger partial charge in [0.2, 0.25) is 5.95 Å². The Morgan fingerprint density at radius 3 is 2.69 bits per heavy atom. The van der Waals surface area contributed by atoms with Gasteiger partial charge in [-0.2, -0.15) is 4.98 Å². The molecule has 0 bridgehead atoms. The number of carboxylic acid groups (broad SMARTS) is 1. The number of rotatable bonds is 7. The van der Waals surface area contributed by atoms with Crippen LogP contribution in [0, 0.1) is 24.7 Å². The highest BCUT2D eigenvalue weighted by Crippen LogP contribution is 2.38. The van der Waals surface area contributed by atoms with Crippen molar-refractivity contribution >= 4 is 40.9 Å². The maximum absolute atomic E-state index is 11.2. The fourth-order valence-electron chi connectivity index (χ4n) is 5.69. The van der Waals surface area contributed by atoms with Crippen LogP contribution in [-0.4, -0.2) is 58.2 Å². The van der Waals surface area contributed by atoms with Gasteiger partial charge >= 0.3 is 5.97 Å². The number of aromatic nitrogens is 2. The Labute approximate surface area is 216 Å². The van der Waals surface area contributed by atoms with Crippen LogP contribution in [0.4, 0.5) is 11.8 Å². The molecule has 2 saturated heterocycles. The van der Waals surface area contributed by atoms with Gasteiger partial charge in [-0.05, 0) is 75.6 Å². The van der Waals surface area contributed by atoms with Crippen molar-refractivity contribution in [3.05, 3.63) is 45.6 Å². The monoisotopic (exact) mass is 517 g/mol. The number of anilines is 2. The van der Waals surface area contributed by atoms with E-state index in [4.69, 9.17) is 28.2 Å². The van der Waals surface area contributed by atoms with Crippen molar-refractivity contribution in [1.82, 2.24) is 14.9 Å². The topological polar surface area (TPSA) is 81.6 Å². The first-order chi connectivity index (χ1) is 16.8. The minimum Gasteiger partial charge on any atom is -0.481 e. The van der Waals surface area contributed by atoms with Crippen LogP contribution in [-0.2, 0) is 4.79 Å². The molecule has 5 rings (SSSR count). The Kier molecular flexibility index (Phi) is 7.11. The van der Waals surface area contributed by atoms with E-state index in [0.29, 0.717) is 27.9 Å². The van der Waals surface area contributed by atoms with Gasteiger partial charge in [0, 0.05) is 47.5 Å². The van der Waals surface area contributed by atoms with E-state index in [1.807, 2.05) is 25.3 Å². The number of nitrogens with zero attached hydrogens (tertiary/aromatic N) is 4. The number of hydrogen-bond acceptors (Lipinski definition) is 6. The number of carbonyl (C=O) groups is 1. The molecule has 3 aliphatic rings. The molecule has 1 saturated carbocycles. The van der Waals surface area contributed by atoms with Crippen molar-refractivity contribution in [1.29, 1.82) is 0 Å². The third-order valence-electron chi connectivity index (χ3n) is 8.07. The molecule has 0 spiro atoms. The third kappa shape index (κ3) is 5.23. The molecule has 2 aliphatic heterocycles. The lowest BCUT2D eigenvalue weighted by atomic mass is 9.76. The van der Waals surface area contributed by atoms with Crippen LogP contribution in [0.2, 0.25) is 10.0 Å². The zero-order valence-corrected chi connectivity index (χ0v) is 21.8. The first-order valence-corrected chi connectivity index (χ1v) is 13.3. The highest BCUT2D eigenvalue weighted by atomic mass is 35.5. The van der Waals surface area contributed by atoms with Gasteiger partial charge in [0.1, 0.15) is 5.82 Å². The van der Waals surface area contributed by atoms with E-state index < -0.39 is 5.97 Å². The van der Waals surface area contributed by atoms with Gasteiger partial charge in [0.25, 0.3) is 0 Å². The Hall–Kier alpha value is -2.09. The molecular weight excluding hydrogens is 485 g/mol. The number of piperidine rings is 1. The van der Waals surface area contributed by atoms with Gasteiger partial charge in [0.15, 0.2) is 0 Å². The third-order valence-corrected chi connectivity index (χ3v) is 8.63. The average molecular weight is 518 g/mol. The molecule has 9 heteroatoms. The first-order valence-electron chi connectivity index (χ1n) is 12.6. The summed E-state index contributed by atoms with van der Waals surface area (Å²) in [4.78, 5) is 25.4. The maximum atomic E-state index is 11.2. The highest BCUT2D eigenvalue weighted by Gasteiger charge is 2.42. The average Bonchev–Trinajstić information content (AvgIpc) is 2.74. The Morgan fingerprint density at radius 2 is 1.97 bits per heavy atom. The number of halogens is 2. The SMILES string of the molecule is Cc1cnc(N2CC([C@H]3CCCN(C4CC(C(=O)O)C4)C3)C2)nc1N[C@H](C)c1ccc(Cl)cc1Cl. The molecule has 2 aromatic rings. The lowest BCUT2D eigenvalue weighted by Gasteiger charge is -2.50. The highest BCUT2D eigenvalue weighted by molar-refractivity contribution is 6.35. The molecule has 7 nitrogen and oxygen atoms in total. The van der Waals surface area contributed by atoms with Gasteiger partial charge in [-0.25, -0.2) is 4.98 Å². The molecule has 3 heterocycles. The molecule has 2 N–H and O–H groups in total. The normalized spacial score (nSPS) is 26.1. The van der Waals surface area contributed by atoms with Crippen LogP contribution in [0.1, 0.15) is 49.8 Å². The van der Waals surface area contributed by atoms with Crippen LogP contribution in [0.15, 0.2) is 24.4 Å². The lowest BCUT2D eigenvalue weighted by molar-refractivity contribution is -0.147. The van der Waals surface area contributed by atoms with E-state index in [9.17, 15) is 9.90 Å². The molecule has 1 aliphatic carbocycles. The van der Waals surface area contributed by atoms with E-state index in [1.165, 1.54) is 12.8 Å². The standard InChI is InChI=1S/C26H33Cl2N5O2/c1-15-11-29-26(31-24(15)30-16(2)22-6-5-20(27)10-23(22)28)33-13-19(14-33)17-4-3-7-32(12-17)21-8-18(9-21)25(34)35/h5-6,10-11,16-19,21H,3-4,7-9,12-14H2,1-2H3,(H,34,35)(H,29,30,31)/t16-,17+,18?,21?/m1/s1. The fourth-order valence-corrected chi connectivity index (χ4v) is 6.26. The van der Waals surface area contributed by atoms with Crippen LogP contribution < -0.4 is 10.2 Å². The van der Waals surface area contributed by atoms with Gasteiger partial charge < -0.3 is 20.2 Å². The Balaban J connectivity index is 1.17. The summed E-state index contributed by atoms with van der Waals surface area (Å²) in [7, 11) is 0. The molecule has 3 fully saturated rings. The predicted molar refractivity (Wildman–Crippen MR) is 139 cm³/mol. The smallest absolute Gasteiger partial charge is 0.306 e. The summed E-state index contributed by atoms with van der Waals surface area (Å²) in [5.41, 5.74) is 1.97. The van der Waals surface area contributed by atoms with Crippen molar-refractivity contribution in [3.8, 4) is 0 Å². The molecule has 188 valence electrons. The quantitative estimate of drug-likeness (QED) is 0.517. The molecule has 2 atom stereocenters. The zero-order chi connectivity index (χ0) is 24.7. The molecule has 1 aromatic heterocycles. The van der Waals surface area contributed by atoms with Crippen molar-refractivity contribution in [3.63, 3.8) is 0 Å². The maximum Gasteiger partial charge on any atom is 0.306 e. The van der Waals surface area contributed by atoms with Crippen LogP contribution >= 0.6 is 23.2 Å². The van der Waals surface area contributed by atoms with E-state index in [-0.39, 0.29) is 12.0 Å². The second-order valence-corrected chi connectivity index (χ2v) is 11.3. The van der Waals surface area contributed by atoms with Crippen molar-refractivity contribution in [2.24, 2.45) is 17.8 Å². The molecular formula is C26H33Cl2N5O2. The Morgan fingerprint density at radius 1 is 1.20 bits per heavy atom. The van der Waals surface area contributed by atoms with Crippen LogP contribution in [0.5, 0.6) is 0 Å².